The maximum atomic E-state index is 10.5. The third-order valence-electron chi connectivity index (χ3n) is 1.16. The summed E-state index contributed by atoms with van der Waals surface area (Å²) in [4.78, 5) is 20.3. The number of ketones is 1. The molecule has 0 aliphatic carbocycles. The van der Waals surface area contributed by atoms with Crippen LogP contribution in [0.4, 0.5) is 0 Å². The maximum absolute atomic E-state index is 10.5. The second kappa shape index (κ2) is 2.05. The van der Waals surface area contributed by atoms with Crippen molar-refractivity contribution in [2.24, 2.45) is 0 Å². The smallest absolute Gasteiger partial charge is 0.224 e. The monoisotopic (exact) mass is 112 g/mol. The summed E-state index contributed by atoms with van der Waals surface area (Å²) in [6.07, 6.45) is 2.08. The van der Waals surface area contributed by atoms with E-state index in [-0.39, 0.29) is 5.78 Å². The van der Waals surface area contributed by atoms with Crippen LogP contribution in [-0.2, 0) is 9.59 Å². The summed E-state index contributed by atoms with van der Waals surface area (Å²) >= 11 is 0. The lowest BCUT2D eigenvalue weighted by atomic mass is 10.2. The topological polar surface area (TPSA) is 46.2 Å². The van der Waals surface area contributed by atoms with Crippen LogP contribution in [0.15, 0.2) is 0 Å². The van der Waals surface area contributed by atoms with Gasteiger partial charge in [-0.2, -0.15) is 0 Å². The number of hydrogen-bond donors (Lipinski definition) is 1. The van der Waals surface area contributed by atoms with Crippen LogP contribution in [0.3, 0.4) is 0 Å². The van der Waals surface area contributed by atoms with E-state index in [0.29, 0.717) is 13.0 Å². The number of rotatable bonds is 1. The highest BCUT2D eigenvalue weighted by molar-refractivity contribution is 5.99. The van der Waals surface area contributed by atoms with E-state index in [0.717, 1.165) is 0 Å². The third-order valence-corrected chi connectivity index (χ3v) is 1.16. The first-order valence-electron chi connectivity index (χ1n) is 2.48. The highest BCUT2D eigenvalue weighted by Gasteiger charge is 2.22. The Balaban J connectivity index is 2.54. The van der Waals surface area contributed by atoms with Gasteiger partial charge in [0.05, 0.1) is 0 Å². The van der Waals surface area contributed by atoms with E-state index in [1.165, 1.54) is 0 Å². The molecular weight excluding hydrogens is 106 g/mol. The molecular formula is C5H6NO2. The maximum Gasteiger partial charge on any atom is 0.224 e. The zero-order chi connectivity index (χ0) is 5.98. The molecule has 3 nitrogen and oxygen atoms in total. The molecule has 1 N–H and O–H groups in total. The van der Waals surface area contributed by atoms with Crippen molar-refractivity contribution < 1.29 is 9.59 Å². The van der Waals surface area contributed by atoms with Crippen molar-refractivity contribution in [2.45, 2.75) is 12.5 Å². The van der Waals surface area contributed by atoms with Gasteiger partial charge < -0.3 is 5.32 Å². The number of carbonyl (C=O) groups excluding carboxylic acids is 2. The molecule has 1 fully saturated rings. The van der Waals surface area contributed by atoms with Crippen LogP contribution in [-0.4, -0.2) is 24.7 Å². The Hall–Kier alpha value is -0.700. The van der Waals surface area contributed by atoms with Gasteiger partial charge in [-0.1, -0.05) is 0 Å². The van der Waals surface area contributed by atoms with Gasteiger partial charge in [0, 0.05) is 13.0 Å². The molecule has 0 amide bonds. The quantitative estimate of drug-likeness (QED) is 0.444. The van der Waals surface area contributed by atoms with Gasteiger partial charge in [0.1, 0.15) is 6.04 Å². The van der Waals surface area contributed by atoms with E-state index >= 15 is 0 Å². The predicted octanol–water partition coefficient (Wildman–Crippen LogP) is -0.973. The Morgan fingerprint density at radius 1 is 1.75 bits per heavy atom. The molecule has 1 heterocycles. The van der Waals surface area contributed by atoms with Crippen LogP contribution in [0, 0.1) is 0 Å². The van der Waals surface area contributed by atoms with E-state index in [4.69, 9.17) is 0 Å². The summed E-state index contributed by atoms with van der Waals surface area (Å²) in [5, 5.41) is 2.68. The molecule has 0 aromatic rings. The lowest BCUT2D eigenvalue weighted by Crippen LogP contribution is -2.27. The number of nitrogens with one attached hydrogen (secondary N) is 1. The Kier molecular flexibility index (Phi) is 1.39. The average Bonchev–Trinajstić information content (AvgIpc) is 2.14. The van der Waals surface area contributed by atoms with Gasteiger partial charge in [-0.05, 0) is 0 Å². The fourth-order valence-electron chi connectivity index (χ4n) is 0.705. The van der Waals surface area contributed by atoms with E-state index in [1.54, 1.807) is 6.29 Å². The highest BCUT2D eigenvalue weighted by Crippen LogP contribution is 1.95. The molecule has 8 heavy (non-hydrogen) atoms. The largest absolute Gasteiger partial charge is 0.300 e. The van der Waals surface area contributed by atoms with Crippen molar-refractivity contribution in [2.75, 3.05) is 6.54 Å². The van der Waals surface area contributed by atoms with Crippen molar-refractivity contribution in [3.63, 3.8) is 0 Å². The lowest BCUT2D eigenvalue weighted by molar-refractivity contribution is -0.117. The molecule has 0 saturated carbocycles. The van der Waals surface area contributed by atoms with E-state index < -0.39 is 6.04 Å². The van der Waals surface area contributed by atoms with Gasteiger partial charge in [0.15, 0.2) is 5.78 Å². The SMILES string of the molecule is O=[C][C@H]1NCCC1=O. The minimum atomic E-state index is -0.630. The first-order valence-corrected chi connectivity index (χ1v) is 2.48. The van der Waals surface area contributed by atoms with Crippen LogP contribution in [0.5, 0.6) is 0 Å². The summed E-state index contributed by atoms with van der Waals surface area (Å²) < 4.78 is 0. The van der Waals surface area contributed by atoms with Crippen molar-refractivity contribution in [3.05, 3.63) is 0 Å². The van der Waals surface area contributed by atoms with Crippen molar-refractivity contribution >= 4 is 12.1 Å². The molecule has 1 rings (SSSR count). The second-order valence-corrected chi connectivity index (χ2v) is 1.72. The molecule has 0 spiro atoms. The number of Topliss-reactive ketones (excluding diaryl/α,β-unsaturated/α-hetero) is 1. The van der Waals surface area contributed by atoms with Gasteiger partial charge in [-0.25, -0.2) is 0 Å². The van der Waals surface area contributed by atoms with E-state index in [1.807, 2.05) is 0 Å². The Morgan fingerprint density at radius 2 is 2.50 bits per heavy atom. The fraction of sp³-hybridized carbons (Fsp3) is 0.600. The third kappa shape index (κ3) is 0.767. The molecule has 0 aromatic heterocycles. The van der Waals surface area contributed by atoms with Crippen LogP contribution in [0.25, 0.3) is 0 Å². The standard InChI is InChI=1S/C5H6NO2/c7-3-4-5(8)1-2-6-4/h4,6H,1-2H2/t4-/m1/s1. The summed E-state index contributed by atoms with van der Waals surface area (Å²) in [7, 11) is 0. The van der Waals surface area contributed by atoms with Crippen molar-refractivity contribution in [3.8, 4) is 0 Å². The van der Waals surface area contributed by atoms with Gasteiger partial charge >= 0.3 is 0 Å². The van der Waals surface area contributed by atoms with E-state index in [2.05, 4.69) is 5.32 Å². The molecule has 3 heteroatoms. The average molecular weight is 112 g/mol. The summed E-state index contributed by atoms with van der Waals surface area (Å²) in [6.45, 7) is 0.624. The second-order valence-electron chi connectivity index (χ2n) is 1.72. The van der Waals surface area contributed by atoms with Crippen LogP contribution >= 0.6 is 0 Å². The summed E-state index contributed by atoms with van der Waals surface area (Å²) in [6, 6.07) is -0.630. The predicted molar refractivity (Wildman–Crippen MR) is 27.1 cm³/mol. The first kappa shape index (κ1) is 5.44. The first-order chi connectivity index (χ1) is 3.84. The van der Waals surface area contributed by atoms with Crippen LogP contribution < -0.4 is 5.32 Å². The van der Waals surface area contributed by atoms with Gasteiger partial charge in [-0.15, -0.1) is 0 Å². The molecule has 0 bridgehead atoms. The summed E-state index contributed by atoms with van der Waals surface area (Å²) in [5.74, 6) is -0.0417. The highest BCUT2D eigenvalue weighted by atomic mass is 16.1. The number of carbonyl (C=O) groups is 1. The lowest BCUT2D eigenvalue weighted by Gasteiger charge is -1.91. The van der Waals surface area contributed by atoms with Crippen LogP contribution in [0.1, 0.15) is 6.42 Å². The molecule has 1 saturated heterocycles. The molecule has 1 radical (unpaired) electrons. The Bertz CT molecular complexity index is 122. The number of hydrogen-bond acceptors (Lipinski definition) is 3. The van der Waals surface area contributed by atoms with Crippen molar-refractivity contribution in [1.29, 1.82) is 0 Å². The fourth-order valence-corrected chi connectivity index (χ4v) is 0.705. The summed E-state index contributed by atoms with van der Waals surface area (Å²) in [5.41, 5.74) is 0. The minimum absolute atomic E-state index is 0.0417. The normalized spacial score (nSPS) is 28.5. The van der Waals surface area contributed by atoms with Crippen LogP contribution in [0.2, 0.25) is 0 Å². The molecule has 1 aliphatic rings. The molecule has 0 aromatic carbocycles. The van der Waals surface area contributed by atoms with Gasteiger partial charge in [0.25, 0.3) is 0 Å². The zero-order valence-electron chi connectivity index (χ0n) is 4.31. The molecule has 43 valence electrons. The Morgan fingerprint density at radius 3 is 2.75 bits per heavy atom. The van der Waals surface area contributed by atoms with Gasteiger partial charge in [-0.3, -0.25) is 9.59 Å². The minimum Gasteiger partial charge on any atom is -0.300 e. The van der Waals surface area contributed by atoms with Crippen molar-refractivity contribution in [1.82, 2.24) is 5.32 Å². The van der Waals surface area contributed by atoms with Gasteiger partial charge in [0.2, 0.25) is 6.29 Å². The zero-order valence-corrected chi connectivity index (χ0v) is 4.31. The molecule has 1 aliphatic heterocycles. The Labute approximate surface area is 47.1 Å². The molecule has 0 unspecified atom stereocenters. The van der Waals surface area contributed by atoms with E-state index in [9.17, 15) is 9.59 Å². The molecule has 1 atom stereocenters.